The highest BCUT2D eigenvalue weighted by molar-refractivity contribution is 7.16. The first-order valence-electron chi connectivity index (χ1n) is 5.16. The van der Waals surface area contributed by atoms with Gasteiger partial charge in [0.1, 0.15) is 6.42 Å². The molecule has 2 heterocycles. The Hall–Kier alpha value is -1.76. The topological polar surface area (TPSA) is 79.4 Å². The molecule has 0 atom stereocenters. The number of amides is 4. The number of barbiturate groups is 1. The molecule has 2 rings (SSSR count). The number of aryl methyl sites for hydroxylation is 2. The SMILES string of the molecule is CCc1nc(N2C(=O)CC(=O)NC2=O)sc1C. The van der Waals surface area contributed by atoms with Gasteiger partial charge in [-0.3, -0.25) is 14.9 Å². The van der Waals surface area contributed by atoms with Crippen LogP contribution >= 0.6 is 11.3 Å². The molecule has 0 saturated carbocycles. The first kappa shape index (κ1) is 11.7. The molecule has 1 aliphatic rings. The van der Waals surface area contributed by atoms with Gasteiger partial charge in [-0.15, -0.1) is 11.3 Å². The molecule has 0 aromatic carbocycles. The van der Waals surface area contributed by atoms with Crippen molar-refractivity contribution in [2.45, 2.75) is 26.7 Å². The average Bonchev–Trinajstić information content (AvgIpc) is 2.57. The highest BCUT2D eigenvalue weighted by Crippen LogP contribution is 2.27. The quantitative estimate of drug-likeness (QED) is 0.797. The average molecular weight is 253 g/mol. The van der Waals surface area contributed by atoms with E-state index in [4.69, 9.17) is 0 Å². The number of thiazole rings is 1. The number of hydrogen-bond acceptors (Lipinski definition) is 5. The van der Waals surface area contributed by atoms with Crippen LogP contribution in [0.2, 0.25) is 0 Å². The summed E-state index contributed by atoms with van der Waals surface area (Å²) in [5.74, 6) is -1.10. The predicted octanol–water partition coefficient (Wildman–Crippen LogP) is 0.987. The third-order valence-corrected chi connectivity index (χ3v) is 3.42. The molecule has 90 valence electrons. The summed E-state index contributed by atoms with van der Waals surface area (Å²) in [6.07, 6.45) is 0.427. The summed E-state index contributed by atoms with van der Waals surface area (Å²) in [7, 11) is 0. The highest BCUT2D eigenvalue weighted by Gasteiger charge is 2.34. The van der Waals surface area contributed by atoms with Crippen LogP contribution in [0.25, 0.3) is 0 Å². The van der Waals surface area contributed by atoms with E-state index in [2.05, 4.69) is 10.3 Å². The minimum absolute atomic E-state index is 0.314. The molecule has 6 nitrogen and oxygen atoms in total. The van der Waals surface area contributed by atoms with E-state index in [0.717, 1.165) is 21.9 Å². The molecule has 0 aliphatic carbocycles. The number of imide groups is 2. The fraction of sp³-hybridized carbons (Fsp3) is 0.400. The van der Waals surface area contributed by atoms with Crippen molar-refractivity contribution in [2.24, 2.45) is 0 Å². The van der Waals surface area contributed by atoms with Crippen LogP contribution in [-0.4, -0.2) is 22.8 Å². The summed E-state index contributed by atoms with van der Waals surface area (Å²) >= 11 is 1.28. The number of anilines is 1. The van der Waals surface area contributed by atoms with E-state index < -0.39 is 17.8 Å². The molecular formula is C10H11N3O3S. The van der Waals surface area contributed by atoms with Gasteiger partial charge in [0.05, 0.1) is 5.69 Å². The molecule has 1 aliphatic heterocycles. The van der Waals surface area contributed by atoms with E-state index in [1.165, 1.54) is 11.3 Å². The first-order chi connectivity index (χ1) is 8.02. The van der Waals surface area contributed by atoms with Crippen molar-refractivity contribution in [3.8, 4) is 0 Å². The number of carbonyl (C=O) groups is 3. The maximum atomic E-state index is 11.6. The van der Waals surface area contributed by atoms with Crippen molar-refractivity contribution in [1.29, 1.82) is 0 Å². The van der Waals surface area contributed by atoms with E-state index in [0.29, 0.717) is 5.13 Å². The van der Waals surface area contributed by atoms with Gasteiger partial charge in [-0.2, -0.15) is 0 Å². The lowest BCUT2D eigenvalue weighted by Gasteiger charge is -2.21. The highest BCUT2D eigenvalue weighted by atomic mass is 32.1. The summed E-state index contributed by atoms with van der Waals surface area (Å²) < 4.78 is 0. The zero-order valence-electron chi connectivity index (χ0n) is 9.44. The Morgan fingerprint density at radius 1 is 1.41 bits per heavy atom. The van der Waals surface area contributed by atoms with Crippen LogP contribution in [0.15, 0.2) is 0 Å². The zero-order valence-corrected chi connectivity index (χ0v) is 10.3. The van der Waals surface area contributed by atoms with Crippen LogP contribution in [0.4, 0.5) is 9.93 Å². The van der Waals surface area contributed by atoms with Gasteiger partial charge in [0.15, 0.2) is 0 Å². The Morgan fingerprint density at radius 3 is 2.65 bits per heavy atom. The van der Waals surface area contributed by atoms with Gasteiger partial charge in [-0.25, -0.2) is 14.7 Å². The van der Waals surface area contributed by atoms with Crippen molar-refractivity contribution >= 4 is 34.3 Å². The van der Waals surface area contributed by atoms with Gasteiger partial charge in [-0.05, 0) is 13.3 Å². The van der Waals surface area contributed by atoms with E-state index >= 15 is 0 Å². The number of aromatic nitrogens is 1. The molecule has 0 bridgehead atoms. The smallest absolute Gasteiger partial charge is 0.277 e. The van der Waals surface area contributed by atoms with Crippen molar-refractivity contribution in [2.75, 3.05) is 4.90 Å². The van der Waals surface area contributed by atoms with Crippen LogP contribution in [0, 0.1) is 6.92 Å². The Labute approximate surface area is 102 Å². The molecular weight excluding hydrogens is 242 g/mol. The fourth-order valence-corrected chi connectivity index (χ4v) is 2.59. The second kappa shape index (κ2) is 4.25. The van der Waals surface area contributed by atoms with Crippen LogP contribution in [0.3, 0.4) is 0 Å². The second-order valence-corrected chi connectivity index (χ2v) is 4.79. The number of nitrogens with zero attached hydrogens (tertiary/aromatic N) is 2. The Bertz CT molecular complexity index is 489. The number of hydrogen-bond donors (Lipinski definition) is 1. The number of urea groups is 1. The lowest BCUT2D eigenvalue weighted by atomic mass is 10.3. The van der Waals surface area contributed by atoms with Gasteiger partial charge < -0.3 is 0 Å². The van der Waals surface area contributed by atoms with Crippen molar-refractivity contribution in [3.05, 3.63) is 10.6 Å². The number of nitrogens with one attached hydrogen (secondary N) is 1. The summed E-state index contributed by atoms with van der Waals surface area (Å²) in [5, 5.41) is 2.43. The zero-order chi connectivity index (χ0) is 12.6. The minimum Gasteiger partial charge on any atom is -0.277 e. The lowest BCUT2D eigenvalue weighted by Crippen LogP contribution is -2.52. The van der Waals surface area contributed by atoms with Gasteiger partial charge in [-0.1, -0.05) is 6.92 Å². The van der Waals surface area contributed by atoms with E-state index in [1.54, 1.807) is 0 Å². The summed E-state index contributed by atoms with van der Waals surface area (Å²) in [5.41, 5.74) is 0.863. The van der Waals surface area contributed by atoms with E-state index in [9.17, 15) is 14.4 Å². The molecule has 17 heavy (non-hydrogen) atoms. The first-order valence-corrected chi connectivity index (χ1v) is 5.97. The fourth-order valence-electron chi connectivity index (χ4n) is 1.58. The summed E-state index contributed by atoms with van der Waals surface area (Å²) in [4.78, 5) is 40.3. The van der Waals surface area contributed by atoms with Crippen molar-refractivity contribution in [3.63, 3.8) is 0 Å². The lowest BCUT2D eigenvalue weighted by molar-refractivity contribution is -0.128. The van der Waals surface area contributed by atoms with Gasteiger partial charge >= 0.3 is 6.03 Å². The van der Waals surface area contributed by atoms with E-state index in [1.807, 2.05) is 13.8 Å². The van der Waals surface area contributed by atoms with Gasteiger partial charge in [0.25, 0.3) is 0 Å². The number of rotatable bonds is 2. The molecule has 1 fully saturated rings. The van der Waals surface area contributed by atoms with Crippen LogP contribution < -0.4 is 10.2 Å². The maximum absolute atomic E-state index is 11.6. The maximum Gasteiger partial charge on any atom is 0.337 e. The summed E-state index contributed by atoms with van der Waals surface area (Å²) in [6, 6.07) is -0.720. The number of carbonyl (C=O) groups excluding carboxylic acids is 3. The minimum atomic E-state index is -0.720. The molecule has 1 aromatic rings. The molecule has 1 saturated heterocycles. The normalized spacial score (nSPS) is 16.4. The Morgan fingerprint density at radius 2 is 2.12 bits per heavy atom. The van der Waals surface area contributed by atoms with Gasteiger partial charge in [0.2, 0.25) is 16.9 Å². The van der Waals surface area contributed by atoms with Gasteiger partial charge in [0, 0.05) is 4.88 Å². The van der Waals surface area contributed by atoms with Crippen molar-refractivity contribution < 1.29 is 14.4 Å². The monoisotopic (exact) mass is 253 g/mol. The van der Waals surface area contributed by atoms with E-state index in [-0.39, 0.29) is 6.42 Å². The standard InChI is InChI=1S/C10H11N3O3S/c1-3-6-5(2)17-10(11-6)13-8(15)4-7(14)12-9(13)16/h3-4H2,1-2H3,(H,12,14,16). The molecule has 0 unspecified atom stereocenters. The molecule has 4 amide bonds. The predicted molar refractivity (Wildman–Crippen MR) is 61.9 cm³/mol. The molecule has 7 heteroatoms. The molecule has 1 aromatic heterocycles. The Kier molecular flexibility index (Phi) is 2.93. The molecule has 0 radical (unpaired) electrons. The molecule has 1 N–H and O–H groups in total. The van der Waals surface area contributed by atoms with Crippen LogP contribution in [-0.2, 0) is 16.0 Å². The second-order valence-electron chi connectivity index (χ2n) is 3.61. The third kappa shape index (κ3) is 2.05. The summed E-state index contributed by atoms with van der Waals surface area (Å²) in [6.45, 7) is 3.84. The third-order valence-electron chi connectivity index (χ3n) is 2.42. The molecule has 0 spiro atoms. The van der Waals surface area contributed by atoms with Crippen LogP contribution in [0.1, 0.15) is 23.9 Å². The van der Waals surface area contributed by atoms with Crippen LogP contribution in [0.5, 0.6) is 0 Å². The van der Waals surface area contributed by atoms with Crippen molar-refractivity contribution in [1.82, 2.24) is 10.3 Å². The largest absolute Gasteiger partial charge is 0.337 e. The Balaban J connectivity index is 2.35.